The number of aliphatic hydroxyl groups is 1. The number of rotatable bonds is 7. The van der Waals surface area contributed by atoms with Crippen LogP contribution in [0, 0.1) is 0 Å². The van der Waals surface area contributed by atoms with Crippen LogP contribution in [0.3, 0.4) is 0 Å². The molecule has 0 aromatic carbocycles. The molecule has 92 valence electrons. The fourth-order valence-corrected chi connectivity index (χ4v) is 2.40. The van der Waals surface area contributed by atoms with Crippen molar-refractivity contribution in [2.75, 3.05) is 5.75 Å². The molecule has 0 radical (unpaired) electrons. The summed E-state index contributed by atoms with van der Waals surface area (Å²) in [7, 11) is 0. The predicted molar refractivity (Wildman–Crippen MR) is 69.7 cm³/mol. The van der Waals surface area contributed by atoms with Gasteiger partial charge in [-0.3, -0.25) is 4.68 Å². The molecule has 2 unspecified atom stereocenters. The molecule has 0 amide bonds. The molecule has 0 fully saturated rings. The molecule has 0 aliphatic rings. The van der Waals surface area contributed by atoms with Gasteiger partial charge in [-0.25, -0.2) is 0 Å². The molecule has 0 saturated carbocycles. The summed E-state index contributed by atoms with van der Waals surface area (Å²) in [6, 6.07) is 1.91. The van der Waals surface area contributed by atoms with E-state index in [0.717, 1.165) is 30.8 Å². The summed E-state index contributed by atoms with van der Waals surface area (Å²) >= 11 is 1.82. The Balaban J connectivity index is 2.51. The molecule has 0 bridgehead atoms. The molecule has 1 heterocycles. The molecule has 1 N–H and O–H groups in total. The molecule has 0 spiro atoms. The zero-order valence-electron chi connectivity index (χ0n) is 10.4. The third kappa shape index (κ3) is 3.83. The SMILES string of the molecule is CCCn1nccc1C(O)CSC(C)CC. The standard InChI is InChI=1S/C12H22N2OS/c1-4-8-14-11(6-7-13-14)12(15)9-16-10(3)5-2/h6-7,10,12,15H,4-5,8-9H2,1-3H3. The lowest BCUT2D eigenvalue weighted by molar-refractivity contribution is 0.191. The van der Waals surface area contributed by atoms with Gasteiger partial charge in [-0.2, -0.15) is 16.9 Å². The Kier molecular flexibility index (Phi) is 5.91. The van der Waals surface area contributed by atoms with Crippen molar-refractivity contribution in [3.63, 3.8) is 0 Å². The van der Waals surface area contributed by atoms with Gasteiger partial charge in [-0.05, 0) is 18.9 Å². The van der Waals surface area contributed by atoms with E-state index in [9.17, 15) is 5.11 Å². The van der Waals surface area contributed by atoms with Gasteiger partial charge in [-0.15, -0.1) is 0 Å². The summed E-state index contributed by atoms with van der Waals surface area (Å²) in [5.41, 5.74) is 0.942. The average Bonchev–Trinajstić information content (AvgIpc) is 2.74. The molecule has 16 heavy (non-hydrogen) atoms. The Bertz CT molecular complexity index is 301. The quantitative estimate of drug-likeness (QED) is 0.799. The van der Waals surface area contributed by atoms with Gasteiger partial charge in [-0.1, -0.05) is 20.8 Å². The van der Waals surface area contributed by atoms with Gasteiger partial charge < -0.3 is 5.11 Å². The minimum atomic E-state index is -0.395. The normalized spacial score (nSPS) is 15.0. The van der Waals surface area contributed by atoms with E-state index in [-0.39, 0.29) is 0 Å². The van der Waals surface area contributed by atoms with Crippen molar-refractivity contribution >= 4 is 11.8 Å². The fraction of sp³-hybridized carbons (Fsp3) is 0.750. The van der Waals surface area contributed by atoms with Gasteiger partial charge in [0.2, 0.25) is 0 Å². The van der Waals surface area contributed by atoms with E-state index < -0.39 is 6.10 Å². The van der Waals surface area contributed by atoms with Crippen LogP contribution in [0.5, 0.6) is 0 Å². The lowest BCUT2D eigenvalue weighted by Crippen LogP contribution is -2.12. The minimum absolute atomic E-state index is 0.395. The van der Waals surface area contributed by atoms with Crippen molar-refractivity contribution in [1.82, 2.24) is 9.78 Å². The molecule has 0 aliphatic carbocycles. The van der Waals surface area contributed by atoms with E-state index in [1.54, 1.807) is 6.20 Å². The highest BCUT2D eigenvalue weighted by molar-refractivity contribution is 7.99. The molecule has 0 saturated heterocycles. The molecule has 2 atom stereocenters. The van der Waals surface area contributed by atoms with Gasteiger partial charge in [0.25, 0.3) is 0 Å². The summed E-state index contributed by atoms with van der Waals surface area (Å²) < 4.78 is 1.90. The van der Waals surface area contributed by atoms with Crippen molar-refractivity contribution in [3.05, 3.63) is 18.0 Å². The van der Waals surface area contributed by atoms with Crippen molar-refractivity contribution in [3.8, 4) is 0 Å². The highest BCUT2D eigenvalue weighted by atomic mass is 32.2. The second-order valence-electron chi connectivity index (χ2n) is 4.05. The fourth-order valence-electron chi connectivity index (χ4n) is 1.48. The highest BCUT2D eigenvalue weighted by Gasteiger charge is 2.13. The van der Waals surface area contributed by atoms with E-state index >= 15 is 0 Å². The zero-order chi connectivity index (χ0) is 12.0. The molecule has 1 rings (SSSR count). The van der Waals surface area contributed by atoms with Crippen molar-refractivity contribution < 1.29 is 5.11 Å². The molecule has 3 nitrogen and oxygen atoms in total. The Morgan fingerprint density at radius 3 is 2.88 bits per heavy atom. The van der Waals surface area contributed by atoms with Gasteiger partial charge in [0, 0.05) is 23.7 Å². The molecule has 0 aliphatic heterocycles. The van der Waals surface area contributed by atoms with Gasteiger partial charge in [0.15, 0.2) is 0 Å². The molecule has 1 aromatic rings. The number of aliphatic hydroxyl groups excluding tert-OH is 1. The predicted octanol–water partition coefficient (Wildman–Crippen LogP) is 2.86. The van der Waals surface area contributed by atoms with Crippen LogP contribution in [-0.2, 0) is 6.54 Å². The number of aryl methyl sites for hydroxylation is 1. The van der Waals surface area contributed by atoms with Crippen molar-refractivity contribution in [2.45, 2.75) is 51.5 Å². The number of nitrogens with zero attached hydrogens (tertiary/aromatic N) is 2. The maximum absolute atomic E-state index is 10.1. The zero-order valence-corrected chi connectivity index (χ0v) is 11.2. The number of hydrogen-bond acceptors (Lipinski definition) is 3. The monoisotopic (exact) mass is 242 g/mol. The lowest BCUT2D eigenvalue weighted by atomic mass is 10.3. The van der Waals surface area contributed by atoms with Crippen LogP contribution < -0.4 is 0 Å². The maximum Gasteiger partial charge on any atom is 0.105 e. The molecular formula is C12H22N2OS. The first-order chi connectivity index (χ1) is 7.69. The summed E-state index contributed by atoms with van der Waals surface area (Å²) in [6.07, 6.45) is 3.56. The Hall–Kier alpha value is -0.480. The summed E-state index contributed by atoms with van der Waals surface area (Å²) in [5.74, 6) is 0.754. The minimum Gasteiger partial charge on any atom is -0.386 e. The van der Waals surface area contributed by atoms with Gasteiger partial charge in [0.05, 0.1) is 5.69 Å². The first kappa shape index (κ1) is 13.6. The van der Waals surface area contributed by atoms with Crippen LogP contribution in [0.4, 0.5) is 0 Å². The molecule has 1 aromatic heterocycles. The Labute approximate surface area is 102 Å². The highest BCUT2D eigenvalue weighted by Crippen LogP contribution is 2.22. The number of thioether (sulfide) groups is 1. The van der Waals surface area contributed by atoms with Crippen LogP contribution in [0.15, 0.2) is 12.3 Å². The molecular weight excluding hydrogens is 220 g/mol. The van der Waals surface area contributed by atoms with E-state index in [0.29, 0.717) is 5.25 Å². The van der Waals surface area contributed by atoms with Crippen LogP contribution >= 0.6 is 11.8 Å². The second kappa shape index (κ2) is 6.97. The summed E-state index contributed by atoms with van der Waals surface area (Å²) in [4.78, 5) is 0. The van der Waals surface area contributed by atoms with Crippen molar-refractivity contribution in [2.24, 2.45) is 0 Å². The van der Waals surface area contributed by atoms with Gasteiger partial charge in [0.1, 0.15) is 6.10 Å². The van der Waals surface area contributed by atoms with E-state index in [2.05, 4.69) is 25.9 Å². The number of aromatic nitrogens is 2. The Morgan fingerprint density at radius 2 is 2.25 bits per heavy atom. The smallest absolute Gasteiger partial charge is 0.105 e. The van der Waals surface area contributed by atoms with Crippen LogP contribution in [-0.4, -0.2) is 25.9 Å². The van der Waals surface area contributed by atoms with Crippen LogP contribution in [0.25, 0.3) is 0 Å². The Morgan fingerprint density at radius 1 is 1.50 bits per heavy atom. The van der Waals surface area contributed by atoms with Crippen molar-refractivity contribution in [1.29, 1.82) is 0 Å². The summed E-state index contributed by atoms with van der Waals surface area (Å²) in [6.45, 7) is 7.37. The topological polar surface area (TPSA) is 38.0 Å². The van der Waals surface area contributed by atoms with Crippen LogP contribution in [0.2, 0.25) is 0 Å². The van der Waals surface area contributed by atoms with E-state index in [1.165, 1.54) is 0 Å². The maximum atomic E-state index is 10.1. The third-order valence-electron chi connectivity index (χ3n) is 2.64. The first-order valence-corrected chi connectivity index (χ1v) is 7.05. The summed E-state index contributed by atoms with van der Waals surface area (Å²) in [5, 5.41) is 14.9. The largest absolute Gasteiger partial charge is 0.386 e. The van der Waals surface area contributed by atoms with Gasteiger partial charge >= 0.3 is 0 Å². The average molecular weight is 242 g/mol. The van der Waals surface area contributed by atoms with E-state index in [1.807, 2.05) is 22.5 Å². The number of hydrogen-bond donors (Lipinski definition) is 1. The lowest BCUT2D eigenvalue weighted by Gasteiger charge is -2.15. The second-order valence-corrected chi connectivity index (χ2v) is 5.52. The van der Waals surface area contributed by atoms with Crippen LogP contribution in [0.1, 0.15) is 45.4 Å². The first-order valence-electron chi connectivity index (χ1n) is 6.00. The van der Waals surface area contributed by atoms with E-state index in [4.69, 9.17) is 0 Å². The molecule has 4 heteroatoms. The third-order valence-corrected chi connectivity index (χ3v) is 4.05.